The Kier molecular flexibility index (Phi) is 9.19. The lowest BCUT2D eigenvalue weighted by Crippen LogP contribution is -2.55. The molecule has 4 rings (SSSR count). The van der Waals surface area contributed by atoms with Crippen LogP contribution in [0, 0.1) is 17.8 Å². The summed E-state index contributed by atoms with van der Waals surface area (Å²) in [5, 5.41) is 26.4. The van der Waals surface area contributed by atoms with Crippen LogP contribution in [-0.4, -0.2) is 63.4 Å². The molecule has 2 aliphatic rings. The number of carboxylic acids is 1. The van der Waals surface area contributed by atoms with Gasteiger partial charge in [0.25, 0.3) is 5.91 Å². The highest BCUT2D eigenvalue weighted by Crippen LogP contribution is 2.29. The van der Waals surface area contributed by atoms with Crippen LogP contribution in [0.4, 0.5) is 0 Å². The van der Waals surface area contributed by atoms with E-state index < -0.39 is 24.0 Å². The summed E-state index contributed by atoms with van der Waals surface area (Å²) in [7, 11) is 0. The van der Waals surface area contributed by atoms with Crippen molar-refractivity contribution in [2.45, 2.75) is 44.3 Å². The number of benzene rings is 1. The molecule has 1 unspecified atom stereocenters. The Morgan fingerprint density at radius 1 is 1.12 bits per heavy atom. The molecule has 6 N–H and O–H groups in total. The molecular weight excluding hydrogens is 534 g/mol. The van der Waals surface area contributed by atoms with Gasteiger partial charge in [-0.25, -0.2) is 4.79 Å². The third-order valence-electron chi connectivity index (χ3n) is 6.84. The minimum atomic E-state index is -1.06. The lowest BCUT2D eigenvalue weighted by molar-refractivity contribution is -0.141. The number of rotatable bonds is 8. The van der Waals surface area contributed by atoms with Crippen molar-refractivity contribution in [3.8, 4) is 11.8 Å². The van der Waals surface area contributed by atoms with Gasteiger partial charge in [0.1, 0.15) is 12.1 Å². The molecule has 0 saturated heterocycles. The van der Waals surface area contributed by atoms with Gasteiger partial charge < -0.3 is 31.6 Å². The van der Waals surface area contributed by atoms with Crippen molar-refractivity contribution < 1.29 is 29.5 Å². The van der Waals surface area contributed by atoms with E-state index >= 15 is 0 Å². The maximum absolute atomic E-state index is 13.7. The average Bonchev–Trinajstić information content (AvgIpc) is 3.75. The highest BCUT2D eigenvalue weighted by Gasteiger charge is 2.39. The predicted octanol–water partition coefficient (Wildman–Crippen LogP) is 1.65. The summed E-state index contributed by atoms with van der Waals surface area (Å²) < 4.78 is 0. The highest BCUT2D eigenvalue weighted by molar-refractivity contribution is 7.14. The standard InChI is InChI=1S/C28H29N5O6S/c29-25(32-39)22-13-12-20(40-22)16-30-26(35)21-6-3-15-33(21)27(36)24(18-4-1-2-5-18)31-23(34)14-9-17-7-10-19(11-8-17)28(37)38/h3,6-8,10-13,18,21,24,39H,1-2,4-5,15-16H2,(H2,29,32)(H,30,35)(H,31,34)(H,37,38)/t21?,24-/m0/s1. The van der Waals surface area contributed by atoms with Gasteiger partial charge in [-0.05, 0) is 55.2 Å². The third kappa shape index (κ3) is 6.86. The lowest BCUT2D eigenvalue weighted by atomic mass is 9.96. The SMILES string of the molecule is N/C(=N\O)c1ccc(CNC(=O)C2C=CCN2C(=O)[C@@H](NC(=O)C#Cc2ccc(C(=O)O)cc2)C2CCCC2)s1. The van der Waals surface area contributed by atoms with Crippen LogP contribution in [0.2, 0.25) is 0 Å². The Morgan fingerprint density at radius 2 is 1.85 bits per heavy atom. The number of nitrogens with zero attached hydrogens (tertiary/aromatic N) is 2. The first-order valence-electron chi connectivity index (χ1n) is 12.7. The van der Waals surface area contributed by atoms with Crippen LogP contribution in [-0.2, 0) is 20.9 Å². The van der Waals surface area contributed by atoms with E-state index in [4.69, 9.17) is 16.0 Å². The van der Waals surface area contributed by atoms with E-state index in [0.29, 0.717) is 10.4 Å². The van der Waals surface area contributed by atoms with Crippen molar-refractivity contribution in [2.75, 3.05) is 6.54 Å². The predicted molar refractivity (Wildman–Crippen MR) is 147 cm³/mol. The number of amidine groups is 1. The zero-order valence-electron chi connectivity index (χ0n) is 21.5. The van der Waals surface area contributed by atoms with Crippen LogP contribution in [0.25, 0.3) is 0 Å². The smallest absolute Gasteiger partial charge is 0.335 e. The summed E-state index contributed by atoms with van der Waals surface area (Å²) in [5.74, 6) is 2.72. The molecule has 208 valence electrons. The van der Waals surface area contributed by atoms with Gasteiger partial charge in [0.2, 0.25) is 11.8 Å². The maximum Gasteiger partial charge on any atom is 0.335 e. The van der Waals surface area contributed by atoms with Crippen molar-refractivity contribution in [1.29, 1.82) is 0 Å². The van der Waals surface area contributed by atoms with Crippen molar-refractivity contribution in [2.24, 2.45) is 16.8 Å². The molecule has 0 spiro atoms. The Hall–Kier alpha value is -4.63. The quantitative estimate of drug-likeness (QED) is 0.0810. The van der Waals surface area contributed by atoms with Gasteiger partial charge in [-0.3, -0.25) is 14.4 Å². The molecule has 1 aliphatic heterocycles. The first-order chi connectivity index (χ1) is 19.3. The zero-order chi connectivity index (χ0) is 28.6. The topological polar surface area (TPSA) is 174 Å². The fourth-order valence-electron chi connectivity index (χ4n) is 4.77. The molecule has 12 heteroatoms. The number of thiophene rings is 1. The van der Waals surface area contributed by atoms with E-state index in [0.717, 1.165) is 30.6 Å². The van der Waals surface area contributed by atoms with E-state index in [1.807, 2.05) is 0 Å². The number of amides is 3. The van der Waals surface area contributed by atoms with Crippen LogP contribution in [0.15, 0.2) is 53.7 Å². The molecule has 1 aromatic carbocycles. The second-order valence-corrected chi connectivity index (χ2v) is 10.6. The number of oxime groups is 1. The second kappa shape index (κ2) is 12.9. The van der Waals surface area contributed by atoms with Crippen LogP contribution < -0.4 is 16.4 Å². The molecule has 1 aliphatic carbocycles. The third-order valence-corrected chi connectivity index (χ3v) is 7.95. The Morgan fingerprint density at radius 3 is 2.52 bits per heavy atom. The highest BCUT2D eigenvalue weighted by atomic mass is 32.1. The van der Waals surface area contributed by atoms with Crippen LogP contribution in [0.1, 0.15) is 51.4 Å². The van der Waals surface area contributed by atoms with Crippen LogP contribution in [0.3, 0.4) is 0 Å². The molecule has 0 radical (unpaired) electrons. The average molecular weight is 564 g/mol. The van der Waals surface area contributed by atoms with Crippen molar-refractivity contribution in [1.82, 2.24) is 15.5 Å². The second-order valence-electron chi connectivity index (χ2n) is 9.46. The molecule has 0 bridgehead atoms. The summed E-state index contributed by atoms with van der Waals surface area (Å²) in [5.41, 5.74) is 6.18. The number of carboxylic acid groups (broad SMARTS) is 1. The molecule has 11 nitrogen and oxygen atoms in total. The van der Waals surface area contributed by atoms with E-state index in [1.165, 1.54) is 40.5 Å². The van der Waals surface area contributed by atoms with E-state index in [-0.39, 0.29) is 42.2 Å². The van der Waals surface area contributed by atoms with Crippen LogP contribution >= 0.6 is 11.3 Å². The maximum atomic E-state index is 13.7. The normalized spacial score (nSPS) is 17.6. The Labute approximate surface area is 234 Å². The minimum absolute atomic E-state index is 0.0149. The lowest BCUT2D eigenvalue weighted by Gasteiger charge is -2.31. The number of carbonyl (C=O) groups is 4. The molecule has 1 fully saturated rings. The Balaban J connectivity index is 1.41. The fraction of sp³-hybridized carbons (Fsp3) is 0.321. The number of hydrogen-bond donors (Lipinski definition) is 5. The molecule has 1 aromatic heterocycles. The number of carbonyl (C=O) groups excluding carboxylic acids is 3. The monoisotopic (exact) mass is 563 g/mol. The number of nitrogens with one attached hydrogen (secondary N) is 2. The van der Waals surface area contributed by atoms with Gasteiger partial charge in [-0.15, -0.1) is 11.3 Å². The molecular formula is C28H29N5O6S. The zero-order valence-corrected chi connectivity index (χ0v) is 22.3. The molecule has 2 heterocycles. The van der Waals surface area contributed by atoms with Gasteiger partial charge in [-0.2, -0.15) is 0 Å². The first kappa shape index (κ1) is 28.4. The van der Waals surface area contributed by atoms with Gasteiger partial charge in [0.15, 0.2) is 5.84 Å². The van der Waals surface area contributed by atoms with Gasteiger partial charge >= 0.3 is 5.97 Å². The van der Waals surface area contributed by atoms with E-state index in [2.05, 4.69) is 27.6 Å². The molecule has 1 saturated carbocycles. The number of aromatic carboxylic acids is 1. The number of hydrogen-bond acceptors (Lipinski definition) is 7. The summed E-state index contributed by atoms with van der Waals surface area (Å²) in [6, 6.07) is 7.62. The van der Waals surface area contributed by atoms with Crippen molar-refractivity contribution in [3.63, 3.8) is 0 Å². The molecule has 2 atom stereocenters. The van der Waals surface area contributed by atoms with E-state index in [9.17, 15) is 19.2 Å². The molecule has 2 aromatic rings. The van der Waals surface area contributed by atoms with Gasteiger partial charge in [0.05, 0.1) is 17.0 Å². The first-order valence-corrected chi connectivity index (χ1v) is 13.6. The van der Waals surface area contributed by atoms with Gasteiger partial charge in [-0.1, -0.05) is 36.1 Å². The van der Waals surface area contributed by atoms with Crippen molar-refractivity contribution >= 4 is 40.9 Å². The Bertz CT molecular complexity index is 1400. The summed E-state index contributed by atoms with van der Waals surface area (Å²) in [4.78, 5) is 53.3. The number of nitrogens with two attached hydrogens (primary N) is 1. The van der Waals surface area contributed by atoms with Gasteiger partial charge in [0, 0.05) is 22.9 Å². The summed E-state index contributed by atoms with van der Waals surface area (Å²) in [6.07, 6.45) is 6.86. The van der Waals surface area contributed by atoms with Crippen LogP contribution in [0.5, 0.6) is 0 Å². The van der Waals surface area contributed by atoms with E-state index in [1.54, 1.807) is 24.3 Å². The molecule has 3 amide bonds. The molecule has 40 heavy (non-hydrogen) atoms. The minimum Gasteiger partial charge on any atom is -0.478 e. The van der Waals surface area contributed by atoms with Crippen molar-refractivity contribution in [3.05, 3.63) is 69.4 Å². The summed E-state index contributed by atoms with van der Waals surface area (Å²) in [6.45, 7) is 0.449. The largest absolute Gasteiger partial charge is 0.478 e. The summed E-state index contributed by atoms with van der Waals surface area (Å²) >= 11 is 1.28. The fourth-order valence-corrected chi connectivity index (χ4v) is 5.61.